The van der Waals surface area contributed by atoms with E-state index in [4.69, 9.17) is 0 Å². The zero-order valence-corrected chi connectivity index (χ0v) is 8.01. The normalized spacial score (nSPS) is 9.92. The summed E-state index contributed by atoms with van der Waals surface area (Å²) in [6, 6.07) is 1.70. The number of aromatic nitrogens is 2. The number of ether oxygens (including phenoxy) is 1. The van der Waals surface area contributed by atoms with Crippen LogP contribution in [0.2, 0.25) is 0 Å². The SMILES string of the molecule is COC(=O)c1cc(SC)nn1C. The topological polar surface area (TPSA) is 44.1 Å². The van der Waals surface area contributed by atoms with Gasteiger partial charge in [0.15, 0.2) is 0 Å². The molecule has 4 nitrogen and oxygen atoms in total. The molecule has 0 unspecified atom stereocenters. The van der Waals surface area contributed by atoms with Gasteiger partial charge in [0.25, 0.3) is 0 Å². The Labute approximate surface area is 74.9 Å². The Hall–Kier alpha value is -0.970. The van der Waals surface area contributed by atoms with Gasteiger partial charge >= 0.3 is 5.97 Å². The first-order valence-corrected chi connectivity index (χ1v) is 4.58. The van der Waals surface area contributed by atoms with Gasteiger partial charge in [-0.05, 0) is 6.26 Å². The van der Waals surface area contributed by atoms with Gasteiger partial charge in [-0.3, -0.25) is 4.68 Å². The van der Waals surface area contributed by atoms with Crippen LogP contribution in [0.15, 0.2) is 11.1 Å². The lowest BCUT2D eigenvalue weighted by molar-refractivity contribution is 0.0588. The summed E-state index contributed by atoms with van der Waals surface area (Å²) < 4.78 is 6.08. The monoisotopic (exact) mass is 186 g/mol. The molecule has 0 aliphatic heterocycles. The maximum Gasteiger partial charge on any atom is 0.356 e. The molecule has 0 amide bonds. The summed E-state index contributed by atoms with van der Waals surface area (Å²) in [6.07, 6.45) is 1.91. The van der Waals surface area contributed by atoms with Crippen molar-refractivity contribution >= 4 is 17.7 Å². The van der Waals surface area contributed by atoms with Gasteiger partial charge in [0.2, 0.25) is 0 Å². The number of hydrogen-bond acceptors (Lipinski definition) is 4. The van der Waals surface area contributed by atoms with Gasteiger partial charge < -0.3 is 4.74 Å². The summed E-state index contributed by atoms with van der Waals surface area (Å²) in [4.78, 5) is 11.1. The molecular formula is C7H10N2O2S. The number of carbonyl (C=O) groups excluding carboxylic acids is 1. The summed E-state index contributed by atoms with van der Waals surface area (Å²) in [7, 11) is 3.07. The predicted octanol–water partition coefficient (Wildman–Crippen LogP) is 0.929. The van der Waals surface area contributed by atoms with Crippen LogP contribution in [0, 0.1) is 0 Å². The molecule has 0 radical (unpaired) electrons. The van der Waals surface area contributed by atoms with Crippen LogP contribution in [-0.4, -0.2) is 29.1 Å². The van der Waals surface area contributed by atoms with E-state index in [1.807, 2.05) is 6.26 Å². The summed E-state index contributed by atoms with van der Waals surface area (Å²) in [5.41, 5.74) is 0.474. The molecule has 0 saturated carbocycles. The number of hydrogen-bond donors (Lipinski definition) is 0. The molecule has 12 heavy (non-hydrogen) atoms. The van der Waals surface area contributed by atoms with Crippen LogP contribution >= 0.6 is 11.8 Å². The largest absolute Gasteiger partial charge is 0.464 e. The smallest absolute Gasteiger partial charge is 0.356 e. The van der Waals surface area contributed by atoms with E-state index in [2.05, 4.69) is 9.84 Å². The first kappa shape index (κ1) is 9.12. The first-order chi connectivity index (χ1) is 5.69. The third-order valence-electron chi connectivity index (χ3n) is 1.46. The number of esters is 1. The van der Waals surface area contributed by atoms with Crippen LogP contribution in [0.5, 0.6) is 0 Å². The maximum atomic E-state index is 11.1. The van der Waals surface area contributed by atoms with Crippen molar-refractivity contribution in [3.8, 4) is 0 Å². The molecule has 1 aromatic rings. The Kier molecular flexibility index (Phi) is 2.75. The molecule has 0 N–H and O–H groups in total. The Morgan fingerprint density at radius 2 is 2.42 bits per heavy atom. The standard InChI is InChI=1S/C7H10N2O2S/c1-9-5(7(10)11-2)4-6(8-9)12-3/h4H,1-3H3. The van der Waals surface area contributed by atoms with Crippen LogP contribution in [0.3, 0.4) is 0 Å². The number of aryl methyl sites for hydroxylation is 1. The van der Waals surface area contributed by atoms with Crippen molar-refractivity contribution in [2.45, 2.75) is 5.03 Å². The Bertz CT molecular complexity index is 296. The van der Waals surface area contributed by atoms with Crippen LogP contribution in [0.4, 0.5) is 0 Å². The fourth-order valence-corrected chi connectivity index (χ4v) is 1.27. The van der Waals surface area contributed by atoms with Crippen LogP contribution in [-0.2, 0) is 11.8 Å². The van der Waals surface area contributed by atoms with Crippen molar-refractivity contribution in [3.05, 3.63) is 11.8 Å². The highest BCUT2D eigenvalue weighted by Crippen LogP contribution is 2.13. The zero-order chi connectivity index (χ0) is 9.14. The van der Waals surface area contributed by atoms with Gasteiger partial charge in [0, 0.05) is 13.1 Å². The fourth-order valence-electron chi connectivity index (χ4n) is 0.836. The van der Waals surface area contributed by atoms with E-state index in [-0.39, 0.29) is 5.97 Å². The maximum absolute atomic E-state index is 11.1. The number of methoxy groups -OCH3 is 1. The van der Waals surface area contributed by atoms with Crippen molar-refractivity contribution in [2.75, 3.05) is 13.4 Å². The van der Waals surface area contributed by atoms with E-state index in [0.717, 1.165) is 5.03 Å². The summed E-state index contributed by atoms with van der Waals surface area (Å²) in [6.45, 7) is 0. The molecule has 0 aliphatic rings. The lowest BCUT2D eigenvalue weighted by atomic mass is 10.4. The first-order valence-electron chi connectivity index (χ1n) is 3.35. The fraction of sp³-hybridized carbons (Fsp3) is 0.429. The number of rotatable bonds is 2. The highest BCUT2D eigenvalue weighted by Gasteiger charge is 2.12. The molecule has 1 aromatic heterocycles. The molecule has 66 valence electrons. The molecule has 0 aromatic carbocycles. The van der Waals surface area contributed by atoms with E-state index >= 15 is 0 Å². The van der Waals surface area contributed by atoms with E-state index in [0.29, 0.717) is 5.69 Å². The highest BCUT2D eigenvalue weighted by molar-refractivity contribution is 7.98. The van der Waals surface area contributed by atoms with Crippen LogP contribution in [0.25, 0.3) is 0 Å². The molecule has 0 aliphatic carbocycles. The third-order valence-corrected chi connectivity index (χ3v) is 2.08. The van der Waals surface area contributed by atoms with Gasteiger partial charge in [-0.15, -0.1) is 11.8 Å². The molecule has 1 rings (SSSR count). The second-order valence-electron chi connectivity index (χ2n) is 2.19. The molecule has 1 heterocycles. The average molecular weight is 186 g/mol. The number of nitrogens with zero attached hydrogens (tertiary/aromatic N) is 2. The van der Waals surface area contributed by atoms with Crippen molar-refractivity contribution in [3.63, 3.8) is 0 Å². The van der Waals surface area contributed by atoms with Crippen LogP contribution < -0.4 is 0 Å². The van der Waals surface area contributed by atoms with Gasteiger partial charge in [-0.25, -0.2) is 4.79 Å². The molecule has 0 saturated heterocycles. The molecule has 0 atom stereocenters. The molecule has 0 fully saturated rings. The Morgan fingerprint density at radius 1 is 1.75 bits per heavy atom. The summed E-state index contributed by atoms with van der Waals surface area (Å²) in [5, 5.41) is 4.89. The van der Waals surface area contributed by atoms with Gasteiger partial charge in [0.05, 0.1) is 7.11 Å². The van der Waals surface area contributed by atoms with Gasteiger partial charge in [0.1, 0.15) is 10.7 Å². The van der Waals surface area contributed by atoms with Crippen molar-refractivity contribution in [1.29, 1.82) is 0 Å². The van der Waals surface area contributed by atoms with Crippen LogP contribution in [0.1, 0.15) is 10.5 Å². The highest BCUT2D eigenvalue weighted by atomic mass is 32.2. The number of carbonyl (C=O) groups is 1. The second kappa shape index (κ2) is 3.62. The second-order valence-corrected chi connectivity index (χ2v) is 3.01. The van der Waals surface area contributed by atoms with E-state index in [9.17, 15) is 4.79 Å². The van der Waals surface area contributed by atoms with E-state index in [1.165, 1.54) is 23.6 Å². The number of thioether (sulfide) groups is 1. The molecular weight excluding hydrogens is 176 g/mol. The van der Waals surface area contributed by atoms with Gasteiger partial charge in [-0.2, -0.15) is 5.10 Å². The van der Waals surface area contributed by atoms with Crippen molar-refractivity contribution in [2.24, 2.45) is 7.05 Å². The van der Waals surface area contributed by atoms with Gasteiger partial charge in [-0.1, -0.05) is 0 Å². The predicted molar refractivity (Wildman–Crippen MR) is 46.3 cm³/mol. The summed E-state index contributed by atoms with van der Waals surface area (Å²) in [5.74, 6) is -0.356. The lowest BCUT2D eigenvalue weighted by Gasteiger charge is -1.96. The minimum atomic E-state index is -0.356. The van der Waals surface area contributed by atoms with Crippen molar-refractivity contribution in [1.82, 2.24) is 9.78 Å². The molecule has 0 bridgehead atoms. The quantitative estimate of drug-likeness (QED) is 0.509. The third kappa shape index (κ3) is 1.61. The average Bonchev–Trinajstić information content (AvgIpc) is 2.45. The Balaban J connectivity index is 2.99. The van der Waals surface area contributed by atoms with E-state index in [1.54, 1.807) is 13.1 Å². The van der Waals surface area contributed by atoms with E-state index < -0.39 is 0 Å². The lowest BCUT2D eigenvalue weighted by Crippen LogP contribution is -2.07. The minimum Gasteiger partial charge on any atom is -0.464 e. The molecule has 0 spiro atoms. The zero-order valence-electron chi connectivity index (χ0n) is 7.20. The summed E-state index contributed by atoms with van der Waals surface area (Å²) >= 11 is 1.49. The van der Waals surface area contributed by atoms with Crippen molar-refractivity contribution < 1.29 is 9.53 Å². The minimum absolute atomic E-state index is 0.356. The Morgan fingerprint density at radius 3 is 2.83 bits per heavy atom. The molecule has 5 heteroatoms.